The van der Waals surface area contributed by atoms with Crippen molar-refractivity contribution in [2.75, 3.05) is 22.9 Å². The van der Waals surface area contributed by atoms with Gasteiger partial charge in [0.25, 0.3) is 5.91 Å². The molecule has 2 unspecified atom stereocenters. The largest absolute Gasteiger partial charge is 0.481 e. The summed E-state index contributed by atoms with van der Waals surface area (Å²) >= 11 is 0. The molecular formula is C106H119F4N7O20S. The number of aliphatic hydroxyl groups excluding tert-OH is 8. The molecule has 11 aromatic rings. The van der Waals surface area contributed by atoms with E-state index in [2.05, 4.69) is 15.3 Å². The molecule has 4 aromatic heterocycles. The molecule has 0 saturated heterocycles. The molecular weight excluding hydrogens is 1800 g/mol. The molecule has 12 rings (SSSR count). The number of aliphatic carboxylic acids is 4. The maximum absolute atomic E-state index is 14.0. The number of hydrogen-bond donors (Lipinski definition) is 13. The number of fused-ring (bicyclic) bond motifs is 1. The van der Waals surface area contributed by atoms with Gasteiger partial charge in [-0.3, -0.25) is 38.7 Å². The smallest absolute Gasteiger partial charge is 0.305 e. The lowest BCUT2D eigenvalue weighted by atomic mass is 9.85. The van der Waals surface area contributed by atoms with Crippen molar-refractivity contribution in [1.82, 2.24) is 24.5 Å². The Hall–Kier alpha value is -13.2. The Bertz CT molecular complexity index is 6240. The van der Waals surface area contributed by atoms with Gasteiger partial charge in [0.1, 0.15) is 23.3 Å². The van der Waals surface area contributed by atoms with E-state index in [1.54, 1.807) is 54.6 Å². The summed E-state index contributed by atoms with van der Waals surface area (Å²) in [5, 5.41) is 120. The molecule has 138 heavy (non-hydrogen) atoms. The first-order valence-electron chi connectivity index (χ1n) is 45.2. The van der Waals surface area contributed by atoms with E-state index in [0.29, 0.717) is 84.5 Å². The fraction of sp³-hybridized carbons (Fsp3) is 0.340. The predicted octanol–water partition coefficient (Wildman–Crippen LogP) is 18.2. The van der Waals surface area contributed by atoms with Crippen molar-refractivity contribution in [3.05, 3.63) is 280 Å². The van der Waals surface area contributed by atoms with Crippen molar-refractivity contribution >= 4 is 86.4 Å². The number of halogens is 4. The number of benzene rings is 7. The number of Topliss-reactive ketones (excluding diaryl/α,β-unsaturated/α-hetero) is 1. The first-order valence-corrected chi connectivity index (χ1v) is 47.1. The normalized spacial score (nSPS) is 14.0. The number of para-hydroxylation sites is 2. The van der Waals surface area contributed by atoms with Crippen LogP contribution in [-0.4, -0.2) is 192 Å². The van der Waals surface area contributed by atoms with Crippen LogP contribution >= 0.6 is 0 Å². The highest BCUT2D eigenvalue weighted by atomic mass is 32.2. The monoisotopic (exact) mass is 1920 g/mol. The van der Waals surface area contributed by atoms with E-state index >= 15 is 0 Å². The number of nitrogens with zero attached hydrogens (tertiary/aromatic N) is 6. The standard InChI is InChI=1S/C33H35FN2O5.C26H32FNO5.C25H24FNO4.C22H28FN3O6S/c1-21(2)31-30(33(41)35-25-11-7-4-8-12-25)29(22-9-5-3-6-10-22)32(23-13-15-24(34)16-14-23)36(31)18-17-26(37)19-27(38)20-28(39)40;1-14(2)25-21(11-10-19(30)12-20(31)13-22(32)33)24(17-6-8-18(27)9-7-17)23(16(5)29)26(28-25)15(3)4;26-17-9-7-15(8-10-17)24-20-3-1-2-4-22(20)27-25(16-5-6-16)21(24)12-11-18(28)13-19(29)14-23(30)31;1-13(2)20-18(10-9-16(27)11-17(28)12-19(29)30)21(14-5-7-15(23)8-6-14)25-22(24-20)26(3)33(4,31)32/h3-16,21,26-27,37-38H,17-20H2,1-2H3,(H,35,41)(H,39,40);6-11,14-15,19-20,30-31H,12-13H2,1-5H3,(H,32,33);1-4,7-12,16,18-19,28-29H,5-6,13-14H2,(H,30,31);5-10,13,16-17,27-28H,11-12H2,1-4H3,(H,29,30)/b;11-10+;12-11+;10-9+/t26-,27-;19-,20-;;16-,17-/m11.1/s1. The number of carboxylic acid groups (broad SMARTS) is 4. The average Bonchev–Trinajstić information content (AvgIpc) is 1.59. The number of carboxylic acids is 4. The SMILES string of the molecule is CC(=O)c1c(C(C)C)nc(C(C)C)c(/C=C/[C@@H](O)C[C@@H](O)CC(=O)O)c1-c1ccc(F)cc1.CC(C)c1c(C(=O)Nc2ccccc2)c(-c2ccccc2)c(-c2ccc(F)cc2)n1CC[C@@H](O)C[C@@H](O)CC(=O)O.CC(C)c1nc(N(C)S(C)(=O)=O)nc(-c2ccc(F)cc2)c1/C=C/[C@@H](O)C[C@@H](O)CC(=O)O.O=C(O)CC(O)CC(O)/C=C/c1c(C2CC2)nc2ccccc2c1-c1ccc(F)cc1. The van der Waals surface area contributed by atoms with Gasteiger partial charge in [0.2, 0.25) is 16.0 Å². The third kappa shape index (κ3) is 30.9. The second-order valence-corrected chi connectivity index (χ2v) is 37.2. The van der Waals surface area contributed by atoms with E-state index in [1.165, 1.54) is 92.9 Å². The number of carbonyl (C=O) groups is 6. The first-order chi connectivity index (χ1) is 65.3. The summed E-state index contributed by atoms with van der Waals surface area (Å²) < 4.78 is 81.8. The van der Waals surface area contributed by atoms with E-state index < -0.39 is 120 Å². The average molecular weight is 1920 g/mol. The van der Waals surface area contributed by atoms with Gasteiger partial charge in [-0.1, -0.05) is 183 Å². The van der Waals surface area contributed by atoms with E-state index in [0.717, 1.165) is 73.6 Å². The molecule has 32 heteroatoms. The Labute approximate surface area is 799 Å². The Morgan fingerprint density at radius 2 is 0.841 bits per heavy atom. The summed E-state index contributed by atoms with van der Waals surface area (Å²) in [6.45, 7) is 17.3. The van der Waals surface area contributed by atoms with Gasteiger partial charge in [-0.05, 0) is 170 Å². The molecule has 0 spiro atoms. The van der Waals surface area contributed by atoms with Gasteiger partial charge in [0.05, 0.1) is 126 Å². The zero-order valence-corrected chi connectivity index (χ0v) is 79.3. The van der Waals surface area contributed by atoms with Gasteiger partial charge in [-0.25, -0.2) is 40.3 Å². The number of ketones is 1. The van der Waals surface area contributed by atoms with Crippen molar-refractivity contribution in [2.45, 2.75) is 218 Å². The number of aromatic nitrogens is 5. The molecule has 13 N–H and O–H groups in total. The number of sulfonamides is 1. The van der Waals surface area contributed by atoms with Crippen LogP contribution < -0.4 is 9.62 Å². The summed E-state index contributed by atoms with van der Waals surface area (Å²) in [6.07, 6.45) is 1.34. The Balaban J connectivity index is 0.000000207. The second-order valence-electron chi connectivity index (χ2n) is 35.2. The third-order valence-corrected chi connectivity index (χ3v) is 23.6. The van der Waals surface area contributed by atoms with Crippen molar-refractivity contribution in [3.63, 3.8) is 0 Å². The quantitative estimate of drug-likeness (QED) is 0.0125. The number of aliphatic hydroxyl groups is 8. The third-order valence-electron chi connectivity index (χ3n) is 22.5. The van der Waals surface area contributed by atoms with Crippen molar-refractivity contribution in [1.29, 1.82) is 0 Å². The van der Waals surface area contributed by atoms with Crippen LogP contribution in [0, 0.1) is 23.3 Å². The van der Waals surface area contributed by atoms with Gasteiger partial charge in [0, 0.05) is 100 Å². The number of hydrogen-bond acceptors (Lipinski definition) is 20. The lowest BCUT2D eigenvalue weighted by molar-refractivity contribution is -0.140. The van der Waals surface area contributed by atoms with Crippen LogP contribution in [0.1, 0.15) is 228 Å². The molecule has 1 amide bonds. The van der Waals surface area contributed by atoms with Gasteiger partial charge in [-0.15, -0.1) is 0 Å². The maximum Gasteiger partial charge on any atom is 0.305 e. The van der Waals surface area contributed by atoms with E-state index in [4.69, 9.17) is 30.4 Å². The highest BCUT2D eigenvalue weighted by molar-refractivity contribution is 7.92. The summed E-state index contributed by atoms with van der Waals surface area (Å²) in [5.41, 5.74) is 14.7. The fourth-order valence-electron chi connectivity index (χ4n) is 15.9. The van der Waals surface area contributed by atoms with E-state index in [1.807, 2.05) is 145 Å². The minimum atomic E-state index is -3.65. The van der Waals surface area contributed by atoms with Crippen molar-refractivity contribution < 1.29 is 116 Å². The van der Waals surface area contributed by atoms with Crippen molar-refractivity contribution in [2.24, 2.45) is 0 Å². The van der Waals surface area contributed by atoms with E-state index in [-0.39, 0.29) is 91.6 Å². The zero-order valence-electron chi connectivity index (χ0n) is 78.5. The minimum absolute atomic E-state index is 0.0166. The van der Waals surface area contributed by atoms with Crippen LogP contribution in [-0.2, 0) is 35.7 Å². The Morgan fingerprint density at radius 1 is 0.442 bits per heavy atom. The van der Waals surface area contributed by atoms with Crippen LogP contribution in [0.4, 0.5) is 29.2 Å². The number of anilines is 2. The second kappa shape index (κ2) is 50.3. The van der Waals surface area contributed by atoms with Crippen LogP contribution in [0.15, 0.2) is 200 Å². The van der Waals surface area contributed by atoms with E-state index in [9.17, 15) is 95.6 Å². The molecule has 7 aromatic carbocycles. The number of pyridine rings is 2. The summed E-state index contributed by atoms with van der Waals surface area (Å²) in [6, 6.07) is 50.2. The zero-order chi connectivity index (χ0) is 101. The molecule has 732 valence electrons. The molecule has 0 radical (unpaired) electrons. The molecule has 1 aliphatic carbocycles. The Kier molecular flexibility index (Phi) is 39.5. The molecule has 0 aliphatic heterocycles. The minimum Gasteiger partial charge on any atom is -0.481 e. The molecule has 1 fully saturated rings. The van der Waals surface area contributed by atoms with Crippen LogP contribution in [0.2, 0.25) is 0 Å². The maximum atomic E-state index is 14.0. The van der Waals surface area contributed by atoms with Gasteiger partial charge in [-0.2, -0.15) is 0 Å². The lowest BCUT2D eigenvalue weighted by Gasteiger charge is -2.22. The first kappa shape index (κ1) is 109. The van der Waals surface area contributed by atoms with Crippen LogP contribution in [0.5, 0.6) is 0 Å². The number of nitrogens with one attached hydrogen (secondary N) is 1. The van der Waals surface area contributed by atoms with Gasteiger partial charge < -0.3 is 71.2 Å². The number of carbonyl (C=O) groups excluding carboxylic acids is 2. The lowest BCUT2D eigenvalue weighted by Crippen LogP contribution is -2.27. The Morgan fingerprint density at radius 3 is 1.28 bits per heavy atom. The molecule has 27 nitrogen and oxygen atoms in total. The van der Waals surface area contributed by atoms with Gasteiger partial charge >= 0.3 is 23.9 Å². The summed E-state index contributed by atoms with van der Waals surface area (Å²) in [7, 11) is -2.33. The molecule has 8 atom stereocenters. The molecule has 4 heterocycles. The van der Waals surface area contributed by atoms with Crippen LogP contribution in [0.3, 0.4) is 0 Å². The predicted molar refractivity (Wildman–Crippen MR) is 523 cm³/mol. The highest BCUT2D eigenvalue weighted by Crippen LogP contribution is 2.47. The highest BCUT2D eigenvalue weighted by Gasteiger charge is 2.35. The summed E-state index contributed by atoms with van der Waals surface area (Å²) in [5.74, 6) is -6.67. The number of amides is 1. The molecule has 1 saturated carbocycles. The van der Waals surface area contributed by atoms with Crippen molar-refractivity contribution in [3.8, 4) is 55.9 Å². The topological polar surface area (TPSA) is 451 Å². The summed E-state index contributed by atoms with van der Waals surface area (Å²) in [4.78, 5) is 88.6. The fourth-order valence-corrected chi connectivity index (χ4v) is 16.3. The molecule has 1 aliphatic rings. The van der Waals surface area contributed by atoms with Crippen LogP contribution in [0.25, 0.3) is 85.0 Å². The number of rotatable bonds is 40. The molecule has 0 bridgehead atoms. The van der Waals surface area contributed by atoms with Gasteiger partial charge in [0.15, 0.2) is 5.78 Å².